The average Bonchev–Trinajstić information content (AvgIpc) is 3.24. The van der Waals surface area contributed by atoms with E-state index in [1.165, 1.54) is 11.3 Å². The number of nitrogens with zero attached hydrogens (tertiary/aromatic N) is 3. The molecule has 1 aromatic heterocycles. The molecule has 7 nitrogen and oxygen atoms in total. The molecule has 0 N–H and O–H groups in total. The summed E-state index contributed by atoms with van der Waals surface area (Å²) in [6.07, 6.45) is 0.401. The Bertz CT molecular complexity index is 1200. The first-order valence-electron chi connectivity index (χ1n) is 11.5. The molecule has 3 rings (SSSR count). The number of hydrogen-bond donors (Lipinski definition) is 0. The minimum Gasteiger partial charge on any atom is -0.497 e. The Kier molecular flexibility index (Phi) is 9.04. The molecule has 184 valence electrons. The highest BCUT2D eigenvalue weighted by atomic mass is 32.2. The van der Waals surface area contributed by atoms with Crippen LogP contribution in [0.5, 0.6) is 5.75 Å². The van der Waals surface area contributed by atoms with E-state index >= 15 is 0 Å². The molecule has 0 atom stereocenters. The molecule has 1 amide bonds. The van der Waals surface area contributed by atoms with Crippen molar-refractivity contribution in [1.29, 1.82) is 0 Å². The quantitative estimate of drug-likeness (QED) is 0.361. The maximum absolute atomic E-state index is 13.3. The predicted molar refractivity (Wildman–Crippen MR) is 139 cm³/mol. The Morgan fingerprint density at radius 1 is 1.06 bits per heavy atom. The third-order valence-electron chi connectivity index (χ3n) is 5.83. The largest absolute Gasteiger partial charge is 0.497 e. The third-order valence-corrected chi connectivity index (χ3v) is 8.69. The average molecular weight is 504 g/mol. The van der Waals surface area contributed by atoms with Crippen LogP contribution in [0.4, 0.5) is 5.13 Å². The van der Waals surface area contributed by atoms with Crippen LogP contribution in [0, 0.1) is 6.92 Å². The summed E-state index contributed by atoms with van der Waals surface area (Å²) < 4.78 is 31.6. The first kappa shape index (κ1) is 26.1. The third kappa shape index (κ3) is 6.55. The Hall–Kier alpha value is -2.49. The maximum Gasteiger partial charge on any atom is 0.228 e. The zero-order valence-corrected chi connectivity index (χ0v) is 21.9. The molecule has 0 saturated heterocycles. The highest BCUT2D eigenvalue weighted by Gasteiger charge is 2.22. The van der Waals surface area contributed by atoms with Crippen LogP contribution in [0.15, 0.2) is 47.4 Å². The van der Waals surface area contributed by atoms with Gasteiger partial charge in [-0.15, -0.1) is 0 Å². The number of aryl methyl sites for hydroxylation is 1. The topological polar surface area (TPSA) is 79.8 Å². The fourth-order valence-electron chi connectivity index (χ4n) is 3.66. The summed E-state index contributed by atoms with van der Waals surface area (Å²) in [5.41, 5.74) is 1.81. The lowest BCUT2D eigenvalue weighted by Crippen LogP contribution is -2.38. The second kappa shape index (κ2) is 11.8. The van der Waals surface area contributed by atoms with Crippen LogP contribution in [-0.4, -0.2) is 63.3 Å². The minimum absolute atomic E-state index is 0.0667. The van der Waals surface area contributed by atoms with E-state index in [0.717, 1.165) is 41.2 Å². The molecule has 1 heterocycles. The van der Waals surface area contributed by atoms with Gasteiger partial charge in [-0.2, -0.15) is 0 Å². The van der Waals surface area contributed by atoms with Gasteiger partial charge in [-0.3, -0.25) is 9.69 Å². The van der Waals surface area contributed by atoms with Crippen molar-refractivity contribution < 1.29 is 17.9 Å². The van der Waals surface area contributed by atoms with E-state index < -0.39 is 9.84 Å². The van der Waals surface area contributed by atoms with Gasteiger partial charge in [-0.25, -0.2) is 13.4 Å². The number of ether oxygens (including phenoxy) is 1. The predicted octanol–water partition coefficient (Wildman–Crippen LogP) is 4.54. The van der Waals surface area contributed by atoms with Crippen molar-refractivity contribution in [3.63, 3.8) is 0 Å². The minimum atomic E-state index is -3.43. The molecule has 34 heavy (non-hydrogen) atoms. The standard InChI is InChI=1S/C25H33N3O4S2/c1-5-27(6-2)15-16-28(25-26-22-14-11-20(32-4)18-23(22)33-25)24(29)8-7-17-34(30,31)21-12-9-19(3)10-13-21/h9-14,18H,5-8,15-17H2,1-4H3. The molecule has 0 aliphatic rings. The van der Waals surface area contributed by atoms with E-state index in [2.05, 4.69) is 23.7 Å². The Labute approximate surface area is 206 Å². The number of carbonyl (C=O) groups excluding carboxylic acids is 1. The summed E-state index contributed by atoms with van der Waals surface area (Å²) in [6.45, 7) is 9.11. The molecule has 0 saturated carbocycles. The molecular weight excluding hydrogens is 470 g/mol. The summed E-state index contributed by atoms with van der Waals surface area (Å²) in [6, 6.07) is 12.5. The smallest absolute Gasteiger partial charge is 0.228 e. The van der Waals surface area contributed by atoms with Crippen molar-refractivity contribution >= 4 is 42.4 Å². The number of methoxy groups -OCH3 is 1. The Morgan fingerprint density at radius 2 is 1.76 bits per heavy atom. The van der Waals surface area contributed by atoms with Crippen molar-refractivity contribution in [1.82, 2.24) is 9.88 Å². The summed E-state index contributed by atoms with van der Waals surface area (Å²) in [5.74, 6) is 0.560. The lowest BCUT2D eigenvalue weighted by Gasteiger charge is -2.24. The number of aromatic nitrogens is 1. The van der Waals surface area contributed by atoms with E-state index in [4.69, 9.17) is 4.74 Å². The molecule has 0 spiro atoms. The van der Waals surface area contributed by atoms with Crippen LogP contribution in [0.1, 0.15) is 32.3 Å². The van der Waals surface area contributed by atoms with Gasteiger partial charge in [0.2, 0.25) is 5.91 Å². The van der Waals surface area contributed by atoms with Crippen molar-refractivity contribution in [2.45, 2.75) is 38.5 Å². The molecule has 3 aromatic rings. The van der Waals surface area contributed by atoms with Crippen LogP contribution in [0.3, 0.4) is 0 Å². The lowest BCUT2D eigenvalue weighted by molar-refractivity contribution is -0.118. The van der Waals surface area contributed by atoms with Crippen molar-refractivity contribution in [3.8, 4) is 5.75 Å². The lowest BCUT2D eigenvalue weighted by atomic mass is 10.2. The number of benzene rings is 2. The van der Waals surface area contributed by atoms with E-state index in [1.54, 1.807) is 36.3 Å². The number of anilines is 1. The molecular formula is C25H33N3O4S2. The number of thiazole rings is 1. The number of sulfone groups is 1. The Balaban J connectivity index is 1.74. The van der Waals surface area contributed by atoms with Crippen LogP contribution >= 0.6 is 11.3 Å². The number of rotatable bonds is 12. The molecule has 0 fully saturated rings. The van der Waals surface area contributed by atoms with E-state index in [1.807, 2.05) is 25.1 Å². The van der Waals surface area contributed by atoms with Gasteiger partial charge in [0, 0.05) is 19.5 Å². The van der Waals surface area contributed by atoms with Crippen molar-refractivity contribution in [2.24, 2.45) is 0 Å². The summed E-state index contributed by atoms with van der Waals surface area (Å²) in [5, 5.41) is 0.627. The Morgan fingerprint density at radius 3 is 2.41 bits per heavy atom. The van der Waals surface area contributed by atoms with E-state index in [9.17, 15) is 13.2 Å². The molecule has 0 radical (unpaired) electrons. The van der Waals surface area contributed by atoms with Gasteiger partial charge >= 0.3 is 0 Å². The van der Waals surface area contributed by atoms with Crippen LogP contribution < -0.4 is 9.64 Å². The molecule has 0 aliphatic carbocycles. The number of fused-ring (bicyclic) bond motifs is 1. The molecule has 0 unspecified atom stereocenters. The maximum atomic E-state index is 13.3. The van der Waals surface area contributed by atoms with Gasteiger partial charge in [-0.05, 0) is 56.8 Å². The zero-order valence-electron chi connectivity index (χ0n) is 20.3. The second-order valence-corrected chi connectivity index (χ2v) is 11.3. The zero-order chi connectivity index (χ0) is 24.7. The van der Waals surface area contributed by atoms with Gasteiger partial charge in [0.05, 0.1) is 28.0 Å². The number of carbonyl (C=O) groups is 1. The van der Waals surface area contributed by atoms with Crippen LogP contribution in [0.2, 0.25) is 0 Å². The second-order valence-electron chi connectivity index (χ2n) is 8.14. The number of likely N-dealkylation sites (N-methyl/N-ethyl adjacent to an activating group) is 1. The first-order chi connectivity index (χ1) is 16.3. The highest BCUT2D eigenvalue weighted by Crippen LogP contribution is 2.32. The van der Waals surface area contributed by atoms with Crippen molar-refractivity contribution in [3.05, 3.63) is 48.0 Å². The van der Waals surface area contributed by atoms with Gasteiger partial charge < -0.3 is 9.64 Å². The van der Waals surface area contributed by atoms with Gasteiger partial charge in [-0.1, -0.05) is 42.9 Å². The van der Waals surface area contributed by atoms with Crippen LogP contribution in [-0.2, 0) is 14.6 Å². The van der Waals surface area contributed by atoms with Gasteiger partial charge in [0.1, 0.15) is 5.75 Å². The summed E-state index contributed by atoms with van der Waals surface area (Å²) in [4.78, 5) is 22.2. The fourth-order valence-corrected chi connectivity index (χ4v) is 6.00. The number of amides is 1. The highest BCUT2D eigenvalue weighted by molar-refractivity contribution is 7.91. The fraction of sp³-hybridized carbons (Fsp3) is 0.440. The van der Waals surface area contributed by atoms with Gasteiger partial charge in [0.25, 0.3) is 0 Å². The summed E-state index contributed by atoms with van der Waals surface area (Å²) >= 11 is 1.44. The van der Waals surface area contributed by atoms with E-state index in [0.29, 0.717) is 16.6 Å². The van der Waals surface area contributed by atoms with Crippen molar-refractivity contribution in [2.75, 3.05) is 43.9 Å². The molecule has 0 bridgehead atoms. The van der Waals surface area contributed by atoms with Gasteiger partial charge in [0.15, 0.2) is 15.0 Å². The molecule has 2 aromatic carbocycles. The van der Waals surface area contributed by atoms with Crippen LogP contribution in [0.25, 0.3) is 10.2 Å². The molecule has 9 heteroatoms. The van der Waals surface area contributed by atoms with E-state index in [-0.39, 0.29) is 24.5 Å². The SMILES string of the molecule is CCN(CC)CCN(C(=O)CCCS(=O)(=O)c1ccc(C)cc1)c1nc2ccc(OC)cc2s1. The normalized spacial score (nSPS) is 11.8. The molecule has 0 aliphatic heterocycles. The summed E-state index contributed by atoms with van der Waals surface area (Å²) in [7, 11) is -1.81. The first-order valence-corrected chi connectivity index (χ1v) is 14.0. The number of hydrogen-bond acceptors (Lipinski definition) is 7. The monoisotopic (exact) mass is 503 g/mol.